The highest BCUT2D eigenvalue weighted by Gasteiger charge is 2.31. The SMILES string of the molecule is COc1ccc(N2C[C@H](NC(=O)NC(C)C)CC2=O)cc1. The molecule has 1 aromatic carbocycles. The Kier molecular flexibility index (Phi) is 4.67. The molecular formula is C15H21N3O3. The average Bonchev–Trinajstić information content (AvgIpc) is 2.78. The van der Waals surface area contributed by atoms with Crippen LogP contribution in [0.25, 0.3) is 0 Å². The lowest BCUT2D eigenvalue weighted by Crippen LogP contribution is -2.45. The fraction of sp³-hybridized carbons (Fsp3) is 0.467. The van der Waals surface area contributed by atoms with Crippen LogP contribution < -0.4 is 20.3 Å². The highest BCUT2D eigenvalue weighted by atomic mass is 16.5. The summed E-state index contributed by atoms with van der Waals surface area (Å²) in [7, 11) is 1.60. The first kappa shape index (κ1) is 15.2. The van der Waals surface area contributed by atoms with Crippen molar-refractivity contribution in [2.75, 3.05) is 18.6 Å². The van der Waals surface area contributed by atoms with Crippen molar-refractivity contribution in [3.8, 4) is 5.75 Å². The summed E-state index contributed by atoms with van der Waals surface area (Å²) in [6.07, 6.45) is 0.317. The monoisotopic (exact) mass is 291 g/mol. The Hall–Kier alpha value is -2.24. The average molecular weight is 291 g/mol. The summed E-state index contributed by atoms with van der Waals surface area (Å²) in [5, 5.41) is 5.58. The fourth-order valence-corrected chi connectivity index (χ4v) is 2.31. The van der Waals surface area contributed by atoms with Gasteiger partial charge < -0.3 is 20.3 Å². The standard InChI is InChI=1S/C15H21N3O3/c1-10(2)16-15(20)17-11-8-14(19)18(9-11)12-4-6-13(21-3)7-5-12/h4-7,10-11H,8-9H2,1-3H3,(H2,16,17,20)/t11-/m1/s1. The summed E-state index contributed by atoms with van der Waals surface area (Å²) in [6.45, 7) is 4.27. The molecule has 6 nitrogen and oxygen atoms in total. The zero-order chi connectivity index (χ0) is 15.4. The number of nitrogens with zero attached hydrogens (tertiary/aromatic N) is 1. The van der Waals surface area contributed by atoms with Gasteiger partial charge in [-0.05, 0) is 38.1 Å². The zero-order valence-corrected chi connectivity index (χ0v) is 12.6. The van der Waals surface area contributed by atoms with Gasteiger partial charge in [0.05, 0.1) is 13.2 Å². The van der Waals surface area contributed by atoms with Crippen molar-refractivity contribution in [1.82, 2.24) is 10.6 Å². The number of hydrogen-bond donors (Lipinski definition) is 2. The minimum Gasteiger partial charge on any atom is -0.497 e. The Morgan fingerprint density at radius 1 is 1.33 bits per heavy atom. The smallest absolute Gasteiger partial charge is 0.315 e. The molecule has 6 heteroatoms. The molecule has 2 rings (SSSR count). The number of urea groups is 1. The van der Waals surface area contributed by atoms with E-state index >= 15 is 0 Å². The summed E-state index contributed by atoms with van der Waals surface area (Å²) in [4.78, 5) is 25.4. The van der Waals surface area contributed by atoms with Crippen molar-refractivity contribution < 1.29 is 14.3 Å². The summed E-state index contributed by atoms with van der Waals surface area (Å²) in [5.41, 5.74) is 0.814. The lowest BCUT2D eigenvalue weighted by molar-refractivity contribution is -0.117. The molecule has 0 aromatic heterocycles. The van der Waals surface area contributed by atoms with Gasteiger partial charge >= 0.3 is 6.03 Å². The van der Waals surface area contributed by atoms with E-state index in [1.807, 2.05) is 38.1 Å². The van der Waals surface area contributed by atoms with Gasteiger partial charge in [-0.3, -0.25) is 4.79 Å². The fourth-order valence-electron chi connectivity index (χ4n) is 2.31. The molecule has 21 heavy (non-hydrogen) atoms. The maximum Gasteiger partial charge on any atom is 0.315 e. The van der Waals surface area contributed by atoms with Crippen LogP contribution in [0.1, 0.15) is 20.3 Å². The quantitative estimate of drug-likeness (QED) is 0.883. The number of rotatable bonds is 4. The third-order valence-electron chi connectivity index (χ3n) is 3.26. The maximum absolute atomic E-state index is 12.1. The van der Waals surface area contributed by atoms with Crippen molar-refractivity contribution in [2.24, 2.45) is 0 Å². The number of carbonyl (C=O) groups excluding carboxylic acids is 2. The summed E-state index contributed by atoms with van der Waals surface area (Å²) in [5.74, 6) is 0.756. The second-order valence-electron chi connectivity index (χ2n) is 5.38. The molecule has 1 aliphatic rings. The van der Waals surface area contributed by atoms with E-state index in [0.717, 1.165) is 11.4 Å². The molecule has 1 saturated heterocycles. The van der Waals surface area contributed by atoms with Crippen LogP contribution in [0.2, 0.25) is 0 Å². The Labute approximate surface area is 124 Å². The van der Waals surface area contributed by atoms with E-state index in [1.54, 1.807) is 12.0 Å². The number of benzene rings is 1. The predicted octanol–water partition coefficient (Wildman–Crippen LogP) is 1.51. The van der Waals surface area contributed by atoms with Crippen LogP contribution in [0.3, 0.4) is 0 Å². The molecule has 0 saturated carbocycles. The van der Waals surface area contributed by atoms with Crippen molar-refractivity contribution in [1.29, 1.82) is 0 Å². The molecule has 1 heterocycles. The first-order valence-electron chi connectivity index (χ1n) is 7.01. The van der Waals surface area contributed by atoms with Crippen LogP contribution in [0, 0.1) is 0 Å². The van der Waals surface area contributed by atoms with E-state index in [-0.39, 0.29) is 24.0 Å². The third kappa shape index (κ3) is 3.87. The van der Waals surface area contributed by atoms with E-state index in [9.17, 15) is 9.59 Å². The molecule has 1 aromatic rings. The number of anilines is 1. The lowest BCUT2D eigenvalue weighted by atomic mass is 10.2. The molecular weight excluding hydrogens is 270 g/mol. The first-order valence-corrected chi connectivity index (χ1v) is 7.01. The third-order valence-corrected chi connectivity index (χ3v) is 3.26. The van der Waals surface area contributed by atoms with Crippen molar-refractivity contribution in [2.45, 2.75) is 32.4 Å². The molecule has 2 N–H and O–H groups in total. The van der Waals surface area contributed by atoms with Gasteiger partial charge in [-0.25, -0.2) is 4.79 Å². The molecule has 0 spiro atoms. The molecule has 0 bridgehead atoms. The first-order chi connectivity index (χ1) is 9.99. The normalized spacial score (nSPS) is 18.0. The Balaban J connectivity index is 1.97. The molecule has 0 radical (unpaired) electrons. The van der Waals surface area contributed by atoms with E-state index in [0.29, 0.717) is 13.0 Å². The van der Waals surface area contributed by atoms with Gasteiger partial charge in [0, 0.05) is 24.7 Å². The summed E-state index contributed by atoms with van der Waals surface area (Å²) < 4.78 is 5.10. The van der Waals surface area contributed by atoms with Gasteiger partial charge in [0.2, 0.25) is 5.91 Å². The van der Waals surface area contributed by atoms with Crippen molar-refractivity contribution >= 4 is 17.6 Å². The number of methoxy groups -OCH3 is 1. The molecule has 0 unspecified atom stereocenters. The second kappa shape index (κ2) is 6.47. The molecule has 1 atom stereocenters. The maximum atomic E-state index is 12.1. The van der Waals surface area contributed by atoms with E-state index in [4.69, 9.17) is 4.74 Å². The number of ether oxygens (including phenoxy) is 1. The summed E-state index contributed by atoms with van der Waals surface area (Å²) >= 11 is 0. The Morgan fingerprint density at radius 2 is 2.00 bits per heavy atom. The number of carbonyl (C=O) groups is 2. The van der Waals surface area contributed by atoms with Gasteiger partial charge in [0.25, 0.3) is 0 Å². The van der Waals surface area contributed by atoms with Gasteiger partial charge in [0.15, 0.2) is 0 Å². The van der Waals surface area contributed by atoms with Gasteiger partial charge in [-0.15, -0.1) is 0 Å². The molecule has 3 amide bonds. The van der Waals surface area contributed by atoms with Crippen molar-refractivity contribution in [3.05, 3.63) is 24.3 Å². The topological polar surface area (TPSA) is 70.7 Å². The minimum absolute atomic E-state index is 0.00927. The molecule has 1 fully saturated rings. The van der Waals surface area contributed by atoms with Gasteiger partial charge in [0.1, 0.15) is 5.75 Å². The number of hydrogen-bond acceptors (Lipinski definition) is 3. The van der Waals surface area contributed by atoms with Crippen LogP contribution in [0.15, 0.2) is 24.3 Å². The van der Waals surface area contributed by atoms with Gasteiger partial charge in [-0.2, -0.15) is 0 Å². The second-order valence-corrected chi connectivity index (χ2v) is 5.38. The summed E-state index contributed by atoms with van der Waals surface area (Å²) in [6, 6.07) is 6.97. The highest BCUT2D eigenvalue weighted by molar-refractivity contribution is 5.96. The lowest BCUT2D eigenvalue weighted by Gasteiger charge is -2.18. The van der Waals surface area contributed by atoms with Crippen LogP contribution in [0.4, 0.5) is 10.5 Å². The van der Waals surface area contributed by atoms with Gasteiger partial charge in [-0.1, -0.05) is 0 Å². The number of nitrogens with one attached hydrogen (secondary N) is 2. The Morgan fingerprint density at radius 3 is 2.57 bits per heavy atom. The van der Waals surface area contributed by atoms with E-state index in [2.05, 4.69) is 10.6 Å². The van der Waals surface area contributed by atoms with Crippen LogP contribution >= 0.6 is 0 Å². The van der Waals surface area contributed by atoms with Crippen molar-refractivity contribution in [3.63, 3.8) is 0 Å². The molecule has 114 valence electrons. The largest absolute Gasteiger partial charge is 0.497 e. The number of amides is 3. The highest BCUT2D eigenvalue weighted by Crippen LogP contribution is 2.24. The Bertz CT molecular complexity index is 513. The molecule has 1 aliphatic heterocycles. The van der Waals surface area contributed by atoms with E-state index < -0.39 is 0 Å². The minimum atomic E-state index is -0.237. The van der Waals surface area contributed by atoms with Crippen LogP contribution in [-0.2, 0) is 4.79 Å². The van der Waals surface area contributed by atoms with Crippen LogP contribution in [0.5, 0.6) is 5.75 Å². The molecule has 0 aliphatic carbocycles. The zero-order valence-electron chi connectivity index (χ0n) is 12.6. The predicted molar refractivity (Wildman–Crippen MR) is 80.6 cm³/mol. The van der Waals surface area contributed by atoms with E-state index in [1.165, 1.54) is 0 Å². The van der Waals surface area contributed by atoms with Crippen LogP contribution in [-0.4, -0.2) is 37.7 Å².